The van der Waals surface area contributed by atoms with Gasteiger partial charge in [-0.15, -0.1) is 0 Å². The fraction of sp³-hybridized carbons (Fsp3) is 0.0952. The van der Waals surface area contributed by atoms with E-state index < -0.39 is 0 Å². The molecule has 0 fully saturated rings. The Kier molecular flexibility index (Phi) is 3.08. The van der Waals surface area contributed by atoms with Crippen LogP contribution in [0.1, 0.15) is 6.92 Å². The third kappa shape index (κ3) is 2.17. The minimum absolute atomic E-state index is 0.760. The number of fused-ring (bicyclic) bond motifs is 3. The maximum absolute atomic E-state index is 7.48. The van der Waals surface area contributed by atoms with Crippen molar-refractivity contribution in [2.24, 2.45) is 0 Å². The van der Waals surface area contributed by atoms with Crippen LogP contribution in [0.5, 0.6) is 0 Å². The number of nitrogens with zero attached hydrogens (tertiary/aromatic N) is 1. The number of benzene rings is 3. The molecular formula is C21H20N3+. The summed E-state index contributed by atoms with van der Waals surface area (Å²) >= 11 is 0. The van der Waals surface area contributed by atoms with Gasteiger partial charge in [0.15, 0.2) is 1.41 Å². The SMILES string of the molecule is [2H]Nc1ccc2c3ccc(N)cc3c(-c3ccccc3)[n+](CC)c2c1. The second kappa shape index (κ2) is 5.53. The lowest BCUT2D eigenvalue weighted by atomic mass is 9.98. The number of hydrogen-bond acceptors (Lipinski definition) is 2. The van der Waals surface area contributed by atoms with E-state index in [9.17, 15) is 0 Å². The van der Waals surface area contributed by atoms with Crippen molar-refractivity contribution < 1.29 is 5.98 Å². The van der Waals surface area contributed by atoms with E-state index in [4.69, 9.17) is 7.15 Å². The molecular weight excluding hydrogens is 294 g/mol. The molecule has 0 bridgehead atoms. The summed E-state index contributed by atoms with van der Waals surface area (Å²) in [4.78, 5) is 0. The molecule has 0 amide bonds. The van der Waals surface area contributed by atoms with Crippen molar-refractivity contribution in [3.63, 3.8) is 0 Å². The highest BCUT2D eigenvalue weighted by molar-refractivity contribution is 6.10. The molecule has 3 heteroatoms. The Bertz CT molecular complexity index is 1070. The third-order valence-corrected chi connectivity index (χ3v) is 4.51. The van der Waals surface area contributed by atoms with Gasteiger partial charge >= 0.3 is 0 Å². The first-order valence-corrected chi connectivity index (χ1v) is 8.15. The molecule has 0 saturated heterocycles. The lowest BCUT2D eigenvalue weighted by Crippen LogP contribution is -2.36. The van der Waals surface area contributed by atoms with Crippen LogP contribution in [0.2, 0.25) is 1.41 Å². The van der Waals surface area contributed by atoms with Gasteiger partial charge in [0, 0.05) is 28.4 Å². The Hall–Kier alpha value is -3.07. The van der Waals surface area contributed by atoms with E-state index in [1.165, 1.54) is 5.39 Å². The normalized spacial score (nSPS) is 11.6. The lowest BCUT2D eigenvalue weighted by Gasteiger charge is -2.12. The molecule has 4 N–H and O–H groups in total. The van der Waals surface area contributed by atoms with E-state index in [2.05, 4.69) is 59.7 Å². The van der Waals surface area contributed by atoms with Crippen molar-refractivity contribution in [1.29, 1.82) is 0 Å². The summed E-state index contributed by atoms with van der Waals surface area (Å²) in [6.45, 7) is 2.97. The third-order valence-electron chi connectivity index (χ3n) is 4.51. The highest BCUT2D eigenvalue weighted by Gasteiger charge is 2.22. The quantitative estimate of drug-likeness (QED) is 0.339. The molecule has 0 saturated carbocycles. The number of aromatic nitrogens is 1. The van der Waals surface area contributed by atoms with Crippen LogP contribution in [0.4, 0.5) is 11.4 Å². The van der Waals surface area contributed by atoms with Crippen molar-refractivity contribution in [2.45, 2.75) is 13.5 Å². The minimum atomic E-state index is 0.760. The largest absolute Gasteiger partial charge is 0.399 e. The zero-order valence-corrected chi connectivity index (χ0v) is 13.6. The van der Waals surface area contributed by atoms with E-state index in [0.717, 1.165) is 45.5 Å². The monoisotopic (exact) mass is 315 g/mol. The van der Waals surface area contributed by atoms with E-state index in [0.29, 0.717) is 0 Å². The number of pyridine rings is 1. The Morgan fingerprint density at radius 3 is 2.38 bits per heavy atom. The number of aryl methyl sites for hydroxylation is 1. The molecule has 3 nitrogen and oxygen atoms in total. The highest BCUT2D eigenvalue weighted by atomic mass is 15.0. The maximum atomic E-state index is 7.48. The first kappa shape index (κ1) is 13.4. The van der Waals surface area contributed by atoms with Gasteiger partial charge in [0.05, 0.1) is 10.8 Å². The van der Waals surface area contributed by atoms with E-state index >= 15 is 0 Å². The summed E-state index contributed by atoms with van der Waals surface area (Å²) < 4.78 is 9.78. The molecule has 0 unspecified atom stereocenters. The Morgan fingerprint density at radius 1 is 0.875 bits per heavy atom. The zero-order valence-electron chi connectivity index (χ0n) is 14.6. The number of hydrogen-bond donors (Lipinski definition) is 2. The first-order valence-electron chi connectivity index (χ1n) is 8.65. The Balaban J connectivity index is 2.24. The van der Waals surface area contributed by atoms with Crippen molar-refractivity contribution >= 4 is 33.1 Å². The van der Waals surface area contributed by atoms with Gasteiger partial charge in [-0.3, -0.25) is 0 Å². The van der Waals surface area contributed by atoms with Crippen LogP contribution >= 0.6 is 0 Å². The van der Waals surface area contributed by atoms with Gasteiger partial charge < -0.3 is 11.5 Å². The summed E-state index contributed by atoms with van der Waals surface area (Å²) in [6.07, 6.45) is 0. The zero-order chi connectivity index (χ0) is 17.4. The van der Waals surface area contributed by atoms with Gasteiger partial charge in [0.2, 0.25) is 11.2 Å². The number of anilines is 2. The van der Waals surface area contributed by atoms with Gasteiger partial charge in [0.1, 0.15) is 6.54 Å². The molecule has 1 aromatic heterocycles. The smallest absolute Gasteiger partial charge is 0.220 e. The van der Waals surface area contributed by atoms with E-state index in [1.54, 1.807) is 0 Å². The number of rotatable bonds is 3. The minimum Gasteiger partial charge on any atom is -0.399 e. The topological polar surface area (TPSA) is 55.9 Å². The summed E-state index contributed by atoms with van der Waals surface area (Å²) in [5.74, 6) is 0. The number of nitrogen functional groups attached to an aromatic ring is 2. The lowest BCUT2D eigenvalue weighted by molar-refractivity contribution is -0.655. The molecule has 118 valence electrons. The van der Waals surface area contributed by atoms with Crippen LogP contribution in [0, 0.1) is 0 Å². The summed E-state index contributed by atoms with van der Waals surface area (Å²) in [5, 5.41) is 3.48. The van der Waals surface area contributed by atoms with Gasteiger partial charge in [-0.05, 0) is 43.3 Å². The van der Waals surface area contributed by atoms with Gasteiger partial charge in [-0.25, -0.2) is 0 Å². The predicted octanol–water partition coefficient (Wildman–Crippen LogP) is 4.13. The van der Waals surface area contributed by atoms with Gasteiger partial charge in [0.25, 0.3) is 0 Å². The average Bonchev–Trinajstić information content (AvgIpc) is 2.66. The van der Waals surface area contributed by atoms with Gasteiger partial charge in [-0.2, -0.15) is 4.57 Å². The molecule has 4 aromatic rings. The average molecular weight is 315 g/mol. The van der Waals surface area contributed by atoms with Crippen LogP contribution in [0.15, 0.2) is 66.7 Å². The molecule has 0 radical (unpaired) electrons. The fourth-order valence-corrected chi connectivity index (χ4v) is 3.48. The second-order valence-electron chi connectivity index (χ2n) is 6.00. The maximum Gasteiger partial charge on any atom is 0.220 e. The molecule has 0 aliphatic rings. The summed E-state index contributed by atoms with van der Waals surface area (Å²) in [6, 6.07) is 22.5. The molecule has 0 aliphatic carbocycles. The summed E-state index contributed by atoms with van der Waals surface area (Å²) in [7, 11) is 0. The van der Waals surface area contributed by atoms with Crippen molar-refractivity contribution in [2.75, 3.05) is 11.5 Å². The summed E-state index contributed by atoms with van der Waals surface area (Å²) in [5.41, 5.74) is 13.6. The van der Waals surface area contributed by atoms with Crippen molar-refractivity contribution in [3.05, 3.63) is 66.7 Å². The molecule has 4 rings (SSSR count). The predicted molar refractivity (Wildman–Crippen MR) is 102 cm³/mol. The molecule has 24 heavy (non-hydrogen) atoms. The molecule has 0 atom stereocenters. The second-order valence-corrected chi connectivity index (χ2v) is 6.00. The van der Waals surface area contributed by atoms with Crippen LogP contribution < -0.4 is 16.0 Å². The fourth-order valence-electron chi connectivity index (χ4n) is 3.48. The van der Waals surface area contributed by atoms with Crippen LogP contribution in [-0.2, 0) is 6.54 Å². The molecule has 0 spiro atoms. The van der Waals surface area contributed by atoms with E-state index in [1.807, 2.05) is 24.3 Å². The Morgan fingerprint density at radius 2 is 1.62 bits per heavy atom. The molecule has 0 aliphatic heterocycles. The van der Waals surface area contributed by atoms with Crippen molar-refractivity contribution in [1.82, 2.24) is 0 Å². The Labute approximate surface area is 142 Å². The highest BCUT2D eigenvalue weighted by Crippen LogP contribution is 2.33. The van der Waals surface area contributed by atoms with E-state index in [-0.39, 0.29) is 0 Å². The molecule has 1 heterocycles. The van der Waals surface area contributed by atoms with Crippen LogP contribution in [0.3, 0.4) is 0 Å². The first-order chi connectivity index (χ1) is 12.2. The van der Waals surface area contributed by atoms with Crippen molar-refractivity contribution in [3.8, 4) is 11.3 Å². The van der Waals surface area contributed by atoms with Gasteiger partial charge in [-0.1, -0.05) is 24.3 Å². The number of nitrogens with two attached hydrogens (primary N) is 2. The van der Waals surface area contributed by atoms with Crippen LogP contribution in [0.25, 0.3) is 32.9 Å². The van der Waals surface area contributed by atoms with Crippen LogP contribution in [-0.4, -0.2) is 0 Å². The molecule has 3 aromatic carbocycles. The standard InChI is InChI=1S/C21H19N3/c1-2-24-20-13-16(23)9-11-18(20)17-10-8-15(22)12-19(17)21(24)14-6-4-3-5-7-14/h3-13,23H,2,22H2,1H3/p+1/i/hD.